The van der Waals surface area contributed by atoms with Gasteiger partial charge in [0.2, 0.25) is 0 Å². The zero-order chi connectivity index (χ0) is 13.1. The van der Waals surface area contributed by atoms with Gasteiger partial charge < -0.3 is 4.90 Å². The van der Waals surface area contributed by atoms with Gasteiger partial charge in [0.15, 0.2) is 0 Å². The Hall–Kier alpha value is -0.650. The average Bonchev–Trinajstić information content (AvgIpc) is 2.23. The number of amides is 1. The number of rotatable bonds is 6. The molecule has 0 bridgehead atoms. The van der Waals surface area contributed by atoms with Crippen LogP contribution in [0.15, 0.2) is 0 Å². The van der Waals surface area contributed by atoms with Crippen LogP contribution in [0.5, 0.6) is 0 Å². The molecule has 1 aliphatic carbocycles. The molecule has 1 fully saturated rings. The molecule has 3 N–H and O–H groups in total. The topological polar surface area (TPSA) is 61.6 Å². The molecule has 0 saturated heterocycles. The average molecular weight is 242 g/mol. The van der Waals surface area contributed by atoms with Gasteiger partial charge >= 0.3 is 0 Å². The van der Waals surface area contributed by atoms with Gasteiger partial charge in [0.1, 0.15) is 0 Å². The largest absolute Gasteiger partial charge is 0.302 e. The molecule has 0 aliphatic heterocycles. The Balaban J connectivity index is 2.63. The van der Waals surface area contributed by atoms with E-state index in [4.69, 9.17) is 5.84 Å². The number of nitrogens with two attached hydrogens (primary N) is 1. The van der Waals surface area contributed by atoms with Crippen LogP contribution in [0.3, 0.4) is 0 Å². The molecule has 0 aromatic heterocycles. The molecule has 1 saturated carbocycles. The molecule has 1 rings (SSSR count). The second-order valence-electron chi connectivity index (χ2n) is 5.32. The van der Waals surface area contributed by atoms with Crippen molar-refractivity contribution in [3.63, 3.8) is 0 Å². The molecule has 5 nitrogen and oxygen atoms in total. The zero-order valence-corrected chi connectivity index (χ0v) is 11.5. The van der Waals surface area contributed by atoms with Crippen LogP contribution >= 0.6 is 0 Å². The second-order valence-corrected chi connectivity index (χ2v) is 5.32. The number of likely N-dealkylation sites (N-methyl/N-ethyl adjacent to an activating group) is 2. The molecule has 17 heavy (non-hydrogen) atoms. The van der Waals surface area contributed by atoms with Gasteiger partial charge in [-0.15, -0.1) is 0 Å². The minimum atomic E-state index is -0.127. The third kappa shape index (κ3) is 2.97. The first-order valence-electron chi connectivity index (χ1n) is 6.35. The number of hydrogen-bond acceptors (Lipinski definition) is 4. The molecule has 100 valence electrons. The van der Waals surface area contributed by atoms with Crippen molar-refractivity contribution >= 4 is 5.91 Å². The number of hydrazine groups is 1. The molecule has 0 heterocycles. The van der Waals surface area contributed by atoms with Gasteiger partial charge in [-0.05, 0) is 46.8 Å². The standard InChI is InChI=1S/C12H26N4O/c1-5-10(11(17)14-13)16(4)9-12(15(2)3)7-6-8-12/h10H,5-9,13H2,1-4H3,(H,14,17). The maximum absolute atomic E-state index is 11.7. The van der Waals surface area contributed by atoms with Crippen LogP contribution in [-0.4, -0.2) is 55.0 Å². The Morgan fingerprint density at radius 3 is 2.29 bits per heavy atom. The monoisotopic (exact) mass is 242 g/mol. The molecule has 0 aromatic rings. The highest BCUT2D eigenvalue weighted by Crippen LogP contribution is 2.37. The SMILES string of the molecule is CCC(C(=O)NN)N(C)CC1(N(C)C)CCC1. The summed E-state index contributed by atoms with van der Waals surface area (Å²) in [5, 5.41) is 0. The second kappa shape index (κ2) is 5.80. The van der Waals surface area contributed by atoms with E-state index in [-0.39, 0.29) is 17.5 Å². The summed E-state index contributed by atoms with van der Waals surface area (Å²) >= 11 is 0. The fourth-order valence-corrected chi connectivity index (χ4v) is 2.70. The van der Waals surface area contributed by atoms with Crippen LogP contribution < -0.4 is 11.3 Å². The Bertz CT molecular complexity index is 263. The van der Waals surface area contributed by atoms with Gasteiger partial charge in [-0.25, -0.2) is 5.84 Å². The van der Waals surface area contributed by atoms with Crippen LogP contribution in [-0.2, 0) is 4.79 Å². The normalized spacial score (nSPS) is 20.2. The summed E-state index contributed by atoms with van der Waals surface area (Å²) in [6.07, 6.45) is 4.49. The maximum atomic E-state index is 11.7. The van der Waals surface area contributed by atoms with E-state index in [0.29, 0.717) is 0 Å². The van der Waals surface area contributed by atoms with E-state index in [1.807, 2.05) is 14.0 Å². The van der Waals surface area contributed by atoms with Gasteiger partial charge in [0, 0.05) is 12.1 Å². The minimum absolute atomic E-state index is 0.0942. The van der Waals surface area contributed by atoms with Crippen molar-refractivity contribution in [1.82, 2.24) is 15.2 Å². The lowest BCUT2D eigenvalue weighted by Crippen LogP contribution is -2.59. The molecule has 1 atom stereocenters. The van der Waals surface area contributed by atoms with E-state index in [9.17, 15) is 4.79 Å². The lowest BCUT2D eigenvalue weighted by Gasteiger charge is -2.50. The number of carbonyl (C=O) groups excluding carboxylic acids is 1. The number of nitrogens with one attached hydrogen (secondary N) is 1. The first-order chi connectivity index (χ1) is 7.96. The Kier molecular flexibility index (Phi) is 4.91. The van der Waals surface area contributed by atoms with Crippen molar-refractivity contribution in [1.29, 1.82) is 0 Å². The third-order valence-electron chi connectivity index (χ3n) is 4.14. The van der Waals surface area contributed by atoms with Crippen LogP contribution in [0, 0.1) is 0 Å². The van der Waals surface area contributed by atoms with Gasteiger partial charge in [-0.1, -0.05) is 6.92 Å². The highest BCUT2D eigenvalue weighted by atomic mass is 16.2. The van der Waals surface area contributed by atoms with Gasteiger partial charge in [0.05, 0.1) is 6.04 Å². The summed E-state index contributed by atoms with van der Waals surface area (Å²) in [4.78, 5) is 16.1. The highest BCUT2D eigenvalue weighted by molar-refractivity contribution is 5.81. The Morgan fingerprint density at radius 1 is 1.41 bits per heavy atom. The number of nitrogens with zero attached hydrogens (tertiary/aromatic N) is 2. The molecule has 0 radical (unpaired) electrons. The molecule has 1 amide bonds. The van der Waals surface area contributed by atoms with Crippen molar-refractivity contribution < 1.29 is 4.79 Å². The highest BCUT2D eigenvalue weighted by Gasteiger charge is 2.41. The summed E-state index contributed by atoms with van der Waals surface area (Å²) < 4.78 is 0. The van der Waals surface area contributed by atoms with Crippen LogP contribution in [0.1, 0.15) is 32.6 Å². The van der Waals surface area contributed by atoms with Crippen LogP contribution in [0.2, 0.25) is 0 Å². The lowest BCUT2D eigenvalue weighted by atomic mass is 9.75. The van der Waals surface area contributed by atoms with E-state index in [1.54, 1.807) is 0 Å². The fourth-order valence-electron chi connectivity index (χ4n) is 2.70. The molecule has 1 unspecified atom stereocenters. The zero-order valence-electron chi connectivity index (χ0n) is 11.5. The summed E-state index contributed by atoms with van der Waals surface area (Å²) in [7, 11) is 6.25. The summed E-state index contributed by atoms with van der Waals surface area (Å²) in [6.45, 7) is 2.94. The molecule has 5 heteroatoms. The van der Waals surface area contributed by atoms with Crippen molar-refractivity contribution in [3.05, 3.63) is 0 Å². The van der Waals surface area contributed by atoms with E-state index >= 15 is 0 Å². The molecule has 0 aromatic carbocycles. The maximum Gasteiger partial charge on any atom is 0.251 e. The van der Waals surface area contributed by atoms with Crippen LogP contribution in [0.25, 0.3) is 0 Å². The molecular formula is C12H26N4O. The predicted octanol–water partition coefficient (Wildman–Crippen LogP) is 0.171. The molecular weight excluding hydrogens is 216 g/mol. The van der Waals surface area contributed by atoms with Crippen molar-refractivity contribution in [2.45, 2.75) is 44.2 Å². The van der Waals surface area contributed by atoms with Gasteiger partial charge in [-0.2, -0.15) is 0 Å². The quantitative estimate of drug-likeness (QED) is 0.396. The minimum Gasteiger partial charge on any atom is -0.302 e. The first-order valence-corrected chi connectivity index (χ1v) is 6.35. The van der Waals surface area contributed by atoms with Crippen molar-refractivity contribution in [3.8, 4) is 0 Å². The molecule has 1 aliphatic rings. The predicted molar refractivity (Wildman–Crippen MR) is 69.3 cm³/mol. The fraction of sp³-hybridized carbons (Fsp3) is 0.917. The third-order valence-corrected chi connectivity index (χ3v) is 4.14. The summed E-state index contributed by atoms with van der Waals surface area (Å²) in [5.74, 6) is 5.13. The van der Waals surface area contributed by atoms with Gasteiger partial charge in [0.25, 0.3) is 5.91 Å². The summed E-state index contributed by atoms with van der Waals surface area (Å²) in [6, 6.07) is -0.127. The Labute approximate surface area is 104 Å². The Morgan fingerprint density at radius 2 is 2.00 bits per heavy atom. The molecule has 0 spiro atoms. The van der Waals surface area contributed by atoms with Gasteiger partial charge in [-0.3, -0.25) is 15.1 Å². The van der Waals surface area contributed by atoms with Crippen molar-refractivity contribution in [2.24, 2.45) is 5.84 Å². The van der Waals surface area contributed by atoms with Crippen LogP contribution in [0.4, 0.5) is 0 Å². The van der Waals surface area contributed by atoms with E-state index in [0.717, 1.165) is 13.0 Å². The number of hydrogen-bond donors (Lipinski definition) is 2. The smallest absolute Gasteiger partial charge is 0.251 e. The van der Waals surface area contributed by atoms with E-state index in [2.05, 4.69) is 29.3 Å². The summed E-state index contributed by atoms with van der Waals surface area (Å²) in [5.41, 5.74) is 2.50. The lowest BCUT2D eigenvalue weighted by molar-refractivity contribution is -0.127. The first kappa shape index (κ1) is 14.4. The van der Waals surface area contributed by atoms with E-state index < -0.39 is 0 Å². The van der Waals surface area contributed by atoms with Crippen molar-refractivity contribution in [2.75, 3.05) is 27.7 Å². The number of carbonyl (C=O) groups is 1. The van der Waals surface area contributed by atoms with E-state index in [1.165, 1.54) is 19.3 Å².